The normalized spacial score (nSPS) is 16.6. The first-order valence-electron chi connectivity index (χ1n) is 10.8. The Balaban J connectivity index is 1.83. The van der Waals surface area contributed by atoms with Crippen LogP contribution < -0.4 is 15.9 Å². The van der Waals surface area contributed by atoms with Crippen molar-refractivity contribution in [2.24, 2.45) is 0 Å². The monoisotopic (exact) mass is 465 g/mol. The average Bonchev–Trinajstić information content (AvgIpc) is 3.30. The topological polar surface area (TPSA) is 108 Å². The standard InChI is InChI=1S/C24H24N4O4S/c1-15-5-8-18(9-6-15)33(30,31)20-12-19-23(28(22(20)25)14-17-4-3-11-32-17)26-21-10-7-16(2)13-27(21)24(19)29/h5-10,12-13,17,25H,3-4,11,14H2,1-2H3/p+1/t17-/m0/s1. The summed E-state index contributed by atoms with van der Waals surface area (Å²) in [6, 6.07) is 11.6. The van der Waals surface area contributed by atoms with E-state index in [2.05, 4.69) is 4.98 Å². The fourth-order valence-corrected chi connectivity index (χ4v) is 5.67. The van der Waals surface area contributed by atoms with Crippen molar-refractivity contribution < 1.29 is 17.7 Å². The highest BCUT2D eigenvalue weighted by molar-refractivity contribution is 7.91. The number of ether oxygens (including phenoxy) is 1. The Morgan fingerprint density at radius 2 is 1.88 bits per heavy atom. The highest BCUT2D eigenvalue weighted by Gasteiger charge is 2.31. The molecule has 0 saturated carbocycles. The van der Waals surface area contributed by atoms with Crippen molar-refractivity contribution in [3.8, 4) is 0 Å². The summed E-state index contributed by atoms with van der Waals surface area (Å²) < 4.78 is 36.0. The lowest BCUT2D eigenvalue weighted by molar-refractivity contribution is -0.667. The van der Waals surface area contributed by atoms with E-state index >= 15 is 0 Å². The van der Waals surface area contributed by atoms with Crippen LogP contribution in [0.3, 0.4) is 0 Å². The van der Waals surface area contributed by atoms with Gasteiger partial charge in [0, 0.05) is 12.8 Å². The summed E-state index contributed by atoms with van der Waals surface area (Å²) in [5.41, 5.74) is 8.78. The molecule has 1 fully saturated rings. The quantitative estimate of drug-likeness (QED) is 0.366. The van der Waals surface area contributed by atoms with Crippen molar-refractivity contribution in [1.29, 1.82) is 0 Å². The molecule has 2 N–H and O–H groups in total. The van der Waals surface area contributed by atoms with Gasteiger partial charge in [-0.1, -0.05) is 28.7 Å². The number of sulfone groups is 1. The van der Waals surface area contributed by atoms with Crippen molar-refractivity contribution in [2.45, 2.75) is 49.1 Å². The second-order valence-corrected chi connectivity index (χ2v) is 10.5. The molecule has 0 aliphatic carbocycles. The molecule has 1 atom stereocenters. The van der Waals surface area contributed by atoms with Crippen LogP contribution in [-0.2, 0) is 21.1 Å². The fourth-order valence-electron chi connectivity index (χ4n) is 4.27. The number of fused-ring (bicyclic) bond motifs is 2. The number of aromatic nitrogens is 3. The first-order chi connectivity index (χ1) is 15.8. The lowest BCUT2D eigenvalue weighted by atomic mass is 10.2. The molecule has 8 nitrogen and oxygen atoms in total. The molecule has 170 valence electrons. The summed E-state index contributed by atoms with van der Waals surface area (Å²) in [5.74, 6) is 0.0435. The third kappa shape index (κ3) is 3.67. The summed E-state index contributed by atoms with van der Waals surface area (Å²) in [6.45, 7) is 4.72. The number of nitrogens with zero attached hydrogens (tertiary/aromatic N) is 3. The molecule has 1 aliphatic rings. The Bertz CT molecular complexity index is 1550. The van der Waals surface area contributed by atoms with Gasteiger partial charge < -0.3 is 10.5 Å². The summed E-state index contributed by atoms with van der Waals surface area (Å²) in [5, 5.41) is 0.191. The van der Waals surface area contributed by atoms with E-state index in [0.29, 0.717) is 24.4 Å². The van der Waals surface area contributed by atoms with E-state index in [1.807, 2.05) is 19.9 Å². The molecule has 0 amide bonds. The second kappa shape index (κ2) is 7.93. The lowest BCUT2D eigenvalue weighted by Crippen LogP contribution is -2.45. The van der Waals surface area contributed by atoms with Crippen LogP contribution >= 0.6 is 0 Å². The molecule has 0 spiro atoms. The molecule has 4 heterocycles. The van der Waals surface area contributed by atoms with Crippen molar-refractivity contribution in [2.75, 3.05) is 12.3 Å². The Morgan fingerprint density at radius 3 is 2.58 bits per heavy atom. The van der Waals surface area contributed by atoms with Gasteiger partial charge in [0.2, 0.25) is 21.3 Å². The van der Waals surface area contributed by atoms with Gasteiger partial charge in [-0.2, -0.15) is 0 Å². The lowest BCUT2D eigenvalue weighted by Gasteiger charge is -2.15. The smallest absolute Gasteiger partial charge is 0.278 e. The zero-order valence-corrected chi connectivity index (χ0v) is 19.3. The van der Waals surface area contributed by atoms with E-state index in [1.165, 1.54) is 10.5 Å². The third-order valence-electron chi connectivity index (χ3n) is 6.09. The second-order valence-electron chi connectivity index (χ2n) is 8.54. The predicted molar refractivity (Wildman–Crippen MR) is 124 cm³/mol. The molecular weight excluding hydrogens is 440 g/mol. The van der Waals surface area contributed by atoms with Gasteiger partial charge >= 0.3 is 0 Å². The number of pyridine rings is 2. The predicted octanol–water partition coefficient (Wildman–Crippen LogP) is 2.35. The van der Waals surface area contributed by atoms with E-state index in [-0.39, 0.29) is 32.7 Å². The third-order valence-corrected chi connectivity index (χ3v) is 7.89. The van der Waals surface area contributed by atoms with Crippen LogP contribution in [0, 0.1) is 13.8 Å². The van der Waals surface area contributed by atoms with Gasteiger partial charge in [0.1, 0.15) is 10.3 Å². The number of benzene rings is 1. The molecular formula is C24H25N4O4S+. The van der Waals surface area contributed by atoms with Crippen LogP contribution in [-0.4, -0.2) is 30.5 Å². The molecule has 33 heavy (non-hydrogen) atoms. The van der Waals surface area contributed by atoms with Crippen LogP contribution in [0.4, 0.5) is 5.82 Å². The molecule has 1 saturated heterocycles. The SMILES string of the molecule is Cc1ccc(S(=O)(=O)c2cc3c(=O)n4cc(C)ccc4nc3[n+](C[C@@H]3CCCO3)c2N)cc1. The van der Waals surface area contributed by atoms with E-state index in [9.17, 15) is 13.2 Å². The van der Waals surface area contributed by atoms with Crippen LogP contribution in [0.2, 0.25) is 0 Å². The van der Waals surface area contributed by atoms with Gasteiger partial charge in [0.05, 0.1) is 17.5 Å². The molecule has 9 heteroatoms. The molecule has 1 aliphatic heterocycles. The minimum Gasteiger partial charge on any atom is -0.375 e. The molecule has 5 rings (SSSR count). The Hall–Kier alpha value is -3.30. The van der Waals surface area contributed by atoms with Gasteiger partial charge in [-0.15, -0.1) is 0 Å². The fraction of sp³-hybridized carbons (Fsp3) is 0.292. The summed E-state index contributed by atoms with van der Waals surface area (Å²) >= 11 is 0. The van der Waals surface area contributed by atoms with Gasteiger partial charge in [-0.05, 0) is 56.5 Å². The maximum absolute atomic E-state index is 13.6. The highest BCUT2D eigenvalue weighted by atomic mass is 32.2. The van der Waals surface area contributed by atoms with E-state index in [1.54, 1.807) is 41.1 Å². The van der Waals surface area contributed by atoms with E-state index < -0.39 is 9.84 Å². The van der Waals surface area contributed by atoms with Crippen molar-refractivity contribution in [1.82, 2.24) is 9.38 Å². The Morgan fingerprint density at radius 1 is 1.15 bits per heavy atom. The molecule has 0 unspecified atom stereocenters. The van der Waals surface area contributed by atoms with Gasteiger partial charge in [0.25, 0.3) is 11.2 Å². The summed E-state index contributed by atoms with van der Waals surface area (Å²) in [6.07, 6.45) is 3.31. The van der Waals surface area contributed by atoms with Gasteiger partial charge in [-0.3, -0.25) is 9.20 Å². The van der Waals surface area contributed by atoms with Crippen LogP contribution in [0.5, 0.6) is 0 Å². The minimum atomic E-state index is -3.97. The molecule has 1 aromatic carbocycles. The minimum absolute atomic E-state index is 0.0435. The zero-order valence-electron chi connectivity index (χ0n) is 18.5. The van der Waals surface area contributed by atoms with E-state index in [0.717, 1.165) is 24.0 Å². The first kappa shape index (κ1) is 21.5. The van der Waals surface area contributed by atoms with Crippen molar-refractivity contribution in [3.63, 3.8) is 0 Å². The highest BCUT2D eigenvalue weighted by Crippen LogP contribution is 2.27. The van der Waals surface area contributed by atoms with Crippen LogP contribution in [0.25, 0.3) is 16.7 Å². The van der Waals surface area contributed by atoms with Crippen molar-refractivity contribution in [3.05, 3.63) is 70.1 Å². The van der Waals surface area contributed by atoms with Crippen molar-refractivity contribution >= 4 is 32.3 Å². The molecule has 4 aromatic rings. The number of rotatable bonds is 4. The zero-order chi connectivity index (χ0) is 23.3. The van der Waals surface area contributed by atoms with Crippen LogP contribution in [0.1, 0.15) is 24.0 Å². The molecule has 0 bridgehead atoms. The number of nitrogens with two attached hydrogens (primary N) is 1. The molecule has 3 aromatic heterocycles. The maximum Gasteiger partial charge on any atom is 0.278 e. The summed E-state index contributed by atoms with van der Waals surface area (Å²) in [7, 11) is -3.97. The number of hydrogen-bond acceptors (Lipinski definition) is 6. The number of aryl methyl sites for hydroxylation is 2. The van der Waals surface area contributed by atoms with Gasteiger partial charge in [0.15, 0.2) is 0 Å². The Labute approximate surface area is 191 Å². The number of anilines is 1. The molecule has 0 radical (unpaired) electrons. The largest absolute Gasteiger partial charge is 0.375 e. The Kier molecular flexibility index (Phi) is 5.18. The maximum atomic E-state index is 13.6. The number of hydrogen-bond donors (Lipinski definition) is 1. The van der Waals surface area contributed by atoms with E-state index in [4.69, 9.17) is 10.5 Å². The van der Waals surface area contributed by atoms with Crippen LogP contribution in [0.15, 0.2) is 63.2 Å². The summed E-state index contributed by atoms with van der Waals surface area (Å²) in [4.78, 5) is 18.1. The first-order valence-corrected chi connectivity index (χ1v) is 12.3. The average molecular weight is 466 g/mol. The van der Waals surface area contributed by atoms with Gasteiger partial charge in [-0.25, -0.2) is 13.0 Å². The number of nitrogen functional groups attached to an aromatic ring is 1.